The third-order valence-corrected chi connectivity index (χ3v) is 4.74. The summed E-state index contributed by atoms with van der Waals surface area (Å²) in [6.45, 7) is 6.32. The summed E-state index contributed by atoms with van der Waals surface area (Å²) in [6, 6.07) is 13.2. The van der Waals surface area contributed by atoms with E-state index in [0.717, 1.165) is 41.8 Å². The summed E-state index contributed by atoms with van der Waals surface area (Å²) in [5.74, 6) is 0. The van der Waals surface area contributed by atoms with Gasteiger partial charge in [-0.2, -0.15) is 0 Å². The quantitative estimate of drug-likeness (QED) is 0.794. The fourth-order valence-electron chi connectivity index (χ4n) is 3.45. The lowest BCUT2D eigenvalue weighted by Gasteiger charge is -2.20. The maximum Gasteiger partial charge on any atom is 0.112 e. The van der Waals surface area contributed by atoms with Gasteiger partial charge >= 0.3 is 0 Å². The van der Waals surface area contributed by atoms with E-state index in [0.29, 0.717) is 6.04 Å². The van der Waals surface area contributed by atoms with Crippen molar-refractivity contribution >= 4 is 22.4 Å². The number of fused-ring (bicyclic) bond motifs is 1. The van der Waals surface area contributed by atoms with Gasteiger partial charge in [-0.3, -0.25) is 9.97 Å². The van der Waals surface area contributed by atoms with Crippen molar-refractivity contribution in [2.45, 2.75) is 26.3 Å². The van der Waals surface area contributed by atoms with Crippen molar-refractivity contribution in [3.63, 3.8) is 0 Å². The molecule has 4 nitrogen and oxygen atoms in total. The van der Waals surface area contributed by atoms with Gasteiger partial charge in [0.1, 0.15) is 5.52 Å². The summed E-state index contributed by atoms with van der Waals surface area (Å²) >= 11 is 0. The number of aromatic nitrogens is 2. The zero-order chi connectivity index (χ0) is 16.5. The maximum atomic E-state index is 4.53. The Morgan fingerprint density at radius 2 is 1.88 bits per heavy atom. The molecular weight excluding hydrogens is 296 g/mol. The number of rotatable bonds is 3. The van der Waals surface area contributed by atoms with E-state index in [1.54, 1.807) is 0 Å². The molecule has 3 aromatic rings. The van der Waals surface area contributed by atoms with E-state index in [-0.39, 0.29) is 0 Å². The molecule has 24 heavy (non-hydrogen) atoms. The molecule has 1 saturated heterocycles. The van der Waals surface area contributed by atoms with Crippen molar-refractivity contribution in [1.29, 1.82) is 0 Å². The summed E-state index contributed by atoms with van der Waals surface area (Å²) in [6.07, 6.45) is 4.86. The second-order valence-electron chi connectivity index (χ2n) is 6.60. The summed E-state index contributed by atoms with van der Waals surface area (Å²) in [5.41, 5.74) is 6.82. The minimum absolute atomic E-state index is 0.429. The van der Waals surface area contributed by atoms with Gasteiger partial charge in [0.2, 0.25) is 0 Å². The van der Waals surface area contributed by atoms with Crippen LogP contribution in [-0.2, 0) is 0 Å². The fraction of sp³-hybridized carbons (Fsp3) is 0.300. The third-order valence-electron chi connectivity index (χ3n) is 4.74. The van der Waals surface area contributed by atoms with E-state index in [1.807, 2.05) is 24.5 Å². The molecule has 3 heterocycles. The van der Waals surface area contributed by atoms with Crippen molar-refractivity contribution in [2.75, 3.05) is 23.3 Å². The zero-order valence-corrected chi connectivity index (χ0v) is 14.2. The molecule has 1 aliphatic heterocycles. The molecule has 0 aliphatic carbocycles. The van der Waals surface area contributed by atoms with Crippen molar-refractivity contribution in [2.24, 2.45) is 0 Å². The lowest BCUT2D eigenvalue weighted by Crippen LogP contribution is -2.26. The van der Waals surface area contributed by atoms with Gasteiger partial charge in [0.25, 0.3) is 0 Å². The normalized spacial score (nSPS) is 17.4. The Kier molecular flexibility index (Phi) is 3.81. The lowest BCUT2D eigenvalue weighted by molar-refractivity contribution is 0.808. The van der Waals surface area contributed by atoms with E-state index >= 15 is 0 Å². The van der Waals surface area contributed by atoms with Crippen LogP contribution in [0.2, 0.25) is 0 Å². The number of nitrogens with zero attached hydrogens (tertiary/aromatic N) is 3. The molecule has 0 amide bonds. The van der Waals surface area contributed by atoms with Crippen molar-refractivity contribution in [1.82, 2.24) is 9.97 Å². The molecule has 1 unspecified atom stereocenters. The number of nitrogens with one attached hydrogen (secondary N) is 1. The second kappa shape index (κ2) is 6.11. The summed E-state index contributed by atoms with van der Waals surface area (Å²) < 4.78 is 0. The summed E-state index contributed by atoms with van der Waals surface area (Å²) in [7, 11) is 0. The Morgan fingerprint density at radius 1 is 1.04 bits per heavy atom. The van der Waals surface area contributed by atoms with Crippen LogP contribution in [0.5, 0.6) is 0 Å². The molecule has 2 aromatic heterocycles. The largest absolute Gasteiger partial charge is 0.379 e. The Bertz CT molecular complexity index is 874. The highest BCUT2D eigenvalue weighted by atomic mass is 15.2. The summed E-state index contributed by atoms with van der Waals surface area (Å²) in [4.78, 5) is 11.5. The van der Waals surface area contributed by atoms with E-state index < -0.39 is 0 Å². The minimum atomic E-state index is 0.429. The molecule has 4 heteroatoms. The van der Waals surface area contributed by atoms with Gasteiger partial charge in [-0.15, -0.1) is 0 Å². The molecule has 1 atom stereocenters. The second-order valence-corrected chi connectivity index (χ2v) is 6.60. The van der Waals surface area contributed by atoms with Crippen LogP contribution in [0.4, 0.5) is 11.4 Å². The predicted molar refractivity (Wildman–Crippen MR) is 99.7 cm³/mol. The Morgan fingerprint density at radius 3 is 2.75 bits per heavy atom. The third kappa shape index (κ3) is 2.80. The Balaban J connectivity index is 1.54. The van der Waals surface area contributed by atoms with Gasteiger partial charge in [0.05, 0.1) is 11.2 Å². The number of hydrogen-bond donors (Lipinski definition) is 1. The Hall–Kier alpha value is -2.62. The van der Waals surface area contributed by atoms with Crippen LogP contribution in [0.3, 0.4) is 0 Å². The number of hydrogen-bond acceptors (Lipinski definition) is 4. The highest BCUT2D eigenvalue weighted by Crippen LogP contribution is 2.26. The predicted octanol–water partition coefficient (Wildman–Crippen LogP) is 3.94. The topological polar surface area (TPSA) is 41.0 Å². The standard InChI is InChI=1S/C20H22N4/c1-14-4-3-5-17(12-14)24-11-8-16(13-24)23-18-7-10-21-19-15(2)6-9-22-20(18)19/h3-7,9-10,12,16H,8,11,13H2,1-2H3,(H,21,23). The SMILES string of the molecule is Cc1cccc(N2CCC(Nc3ccnc4c(C)ccnc34)C2)c1. The first kappa shape index (κ1) is 14.9. The molecule has 1 fully saturated rings. The van der Waals surface area contributed by atoms with Crippen LogP contribution < -0.4 is 10.2 Å². The number of aryl methyl sites for hydroxylation is 2. The number of pyridine rings is 2. The molecule has 1 N–H and O–H groups in total. The highest BCUT2D eigenvalue weighted by molar-refractivity contribution is 5.89. The van der Waals surface area contributed by atoms with Gasteiger partial charge in [-0.25, -0.2) is 0 Å². The van der Waals surface area contributed by atoms with Crippen LogP contribution in [-0.4, -0.2) is 29.1 Å². The average molecular weight is 318 g/mol. The van der Waals surface area contributed by atoms with E-state index in [9.17, 15) is 0 Å². The maximum absolute atomic E-state index is 4.53. The van der Waals surface area contributed by atoms with E-state index in [4.69, 9.17) is 0 Å². The highest BCUT2D eigenvalue weighted by Gasteiger charge is 2.23. The van der Waals surface area contributed by atoms with Gasteiger partial charge in [-0.05, 0) is 55.7 Å². The summed E-state index contributed by atoms with van der Waals surface area (Å²) in [5, 5.41) is 3.68. The van der Waals surface area contributed by atoms with Crippen molar-refractivity contribution in [3.05, 3.63) is 59.9 Å². The first-order chi connectivity index (χ1) is 11.7. The number of benzene rings is 1. The molecule has 0 spiro atoms. The van der Waals surface area contributed by atoms with E-state index in [1.165, 1.54) is 11.3 Å². The van der Waals surface area contributed by atoms with Crippen molar-refractivity contribution < 1.29 is 0 Å². The molecular formula is C20H22N4. The van der Waals surface area contributed by atoms with Gasteiger partial charge < -0.3 is 10.2 Å². The first-order valence-corrected chi connectivity index (χ1v) is 8.49. The van der Waals surface area contributed by atoms with Gasteiger partial charge in [-0.1, -0.05) is 12.1 Å². The van der Waals surface area contributed by atoms with Crippen LogP contribution in [0.1, 0.15) is 17.5 Å². The average Bonchev–Trinajstić information content (AvgIpc) is 3.05. The van der Waals surface area contributed by atoms with Crippen molar-refractivity contribution in [3.8, 4) is 0 Å². The fourth-order valence-corrected chi connectivity index (χ4v) is 3.45. The van der Waals surface area contributed by atoms with Crippen LogP contribution in [0.25, 0.3) is 11.0 Å². The van der Waals surface area contributed by atoms with Crippen LogP contribution in [0, 0.1) is 13.8 Å². The van der Waals surface area contributed by atoms with Crippen LogP contribution in [0.15, 0.2) is 48.8 Å². The van der Waals surface area contributed by atoms with Gasteiger partial charge in [0, 0.05) is 37.2 Å². The number of anilines is 2. The van der Waals surface area contributed by atoms with E-state index in [2.05, 4.69) is 58.3 Å². The van der Waals surface area contributed by atoms with Gasteiger partial charge in [0.15, 0.2) is 0 Å². The minimum Gasteiger partial charge on any atom is -0.379 e. The molecule has 1 aliphatic rings. The molecule has 0 saturated carbocycles. The zero-order valence-electron chi connectivity index (χ0n) is 14.2. The first-order valence-electron chi connectivity index (χ1n) is 8.49. The monoisotopic (exact) mass is 318 g/mol. The smallest absolute Gasteiger partial charge is 0.112 e. The molecule has 0 bridgehead atoms. The molecule has 4 rings (SSSR count). The Labute approximate surface area is 142 Å². The molecule has 0 radical (unpaired) electrons. The molecule has 1 aromatic carbocycles. The molecule has 122 valence electrons. The van der Waals surface area contributed by atoms with Crippen LogP contribution >= 0.6 is 0 Å². The lowest BCUT2D eigenvalue weighted by atomic mass is 10.2.